The lowest BCUT2D eigenvalue weighted by Gasteiger charge is -2.22. The van der Waals surface area contributed by atoms with Gasteiger partial charge in [-0.2, -0.15) is 4.31 Å². The number of nitrogens with one attached hydrogen (secondary N) is 1. The molecule has 0 aliphatic carbocycles. The standard InChI is InChI=1S/C14H21FN2O2S/c1-5-17(10-11(2)3)20(18,19)14-8-13(15)7-6-12(14)9-16-4/h6-8,16H,2,5,9-10H2,1,3-4H3. The second-order valence-electron chi connectivity index (χ2n) is 4.67. The minimum Gasteiger partial charge on any atom is -0.316 e. The van der Waals surface area contributed by atoms with Gasteiger partial charge in [0, 0.05) is 19.6 Å². The number of hydrogen-bond acceptors (Lipinski definition) is 3. The molecule has 0 saturated heterocycles. The Morgan fingerprint density at radius 3 is 2.60 bits per heavy atom. The lowest BCUT2D eigenvalue weighted by molar-refractivity contribution is 0.451. The Balaban J connectivity index is 3.32. The summed E-state index contributed by atoms with van der Waals surface area (Å²) in [6, 6.07) is 3.83. The first-order valence-electron chi connectivity index (χ1n) is 6.40. The van der Waals surface area contributed by atoms with E-state index in [2.05, 4.69) is 11.9 Å². The van der Waals surface area contributed by atoms with E-state index in [4.69, 9.17) is 0 Å². The summed E-state index contributed by atoms with van der Waals surface area (Å²) in [6.45, 7) is 8.14. The minimum atomic E-state index is -3.73. The van der Waals surface area contributed by atoms with Crippen LogP contribution < -0.4 is 5.32 Å². The highest BCUT2D eigenvalue weighted by atomic mass is 32.2. The second-order valence-corrected chi connectivity index (χ2v) is 6.58. The highest BCUT2D eigenvalue weighted by Gasteiger charge is 2.26. The van der Waals surface area contributed by atoms with E-state index in [1.54, 1.807) is 20.9 Å². The average Bonchev–Trinajstić information content (AvgIpc) is 2.37. The first-order valence-corrected chi connectivity index (χ1v) is 7.84. The summed E-state index contributed by atoms with van der Waals surface area (Å²) in [5.41, 5.74) is 1.29. The maximum atomic E-state index is 13.4. The topological polar surface area (TPSA) is 49.4 Å². The van der Waals surface area contributed by atoms with Crippen LogP contribution in [0.1, 0.15) is 19.4 Å². The van der Waals surface area contributed by atoms with Crippen molar-refractivity contribution in [1.82, 2.24) is 9.62 Å². The second kappa shape index (κ2) is 6.97. The van der Waals surface area contributed by atoms with Crippen LogP contribution in [0.25, 0.3) is 0 Å². The fraction of sp³-hybridized carbons (Fsp3) is 0.429. The number of hydrogen-bond donors (Lipinski definition) is 1. The summed E-state index contributed by atoms with van der Waals surface area (Å²) in [5.74, 6) is -0.560. The zero-order chi connectivity index (χ0) is 15.3. The predicted octanol–water partition coefficient (Wildman–Crippen LogP) is 2.13. The maximum absolute atomic E-state index is 13.4. The SMILES string of the molecule is C=C(C)CN(CC)S(=O)(=O)c1cc(F)ccc1CNC. The highest BCUT2D eigenvalue weighted by molar-refractivity contribution is 7.89. The molecule has 4 nitrogen and oxygen atoms in total. The van der Waals surface area contributed by atoms with Crippen molar-refractivity contribution in [3.63, 3.8) is 0 Å². The van der Waals surface area contributed by atoms with Crippen LogP contribution in [0.15, 0.2) is 35.2 Å². The summed E-state index contributed by atoms with van der Waals surface area (Å²) in [7, 11) is -2.02. The molecule has 0 unspecified atom stereocenters. The van der Waals surface area contributed by atoms with E-state index in [1.807, 2.05) is 0 Å². The third kappa shape index (κ3) is 3.88. The van der Waals surface area contributed by atoms with Gasteiger partial charge in [0.25, 0.3) is 0 Å². The molecule has 1 rings (SSSR count). The van der Waals surface area contributed by atoms with Crippen LogP contribution in [-0.2, 0) is 16.6 Å². The van der Waals surface area contributed by atoms with Gasteiger partial charge in [-0.15, -0.1) is 0 Å². The average molecular weight is 300 g/mol. The first-order chi connectivity index (χ1) is 9.32. The Labute approximate surface area is 120 Å². The fourth-order valence-corrected chi connectivity index (χ4v) is 3.65. The van der Waals surface area contributed by atoms with E-state index in [0.717, 1.165) is 11.6 Å². The molecule has 0 bridgehead atoms. The molecule has 1 N–H and O–H groups in total. The van der Waals surface area contributed by atoms with Crippen molar-refractivity contribution in [2.45, 2.75) is 25.3 Å². The molecule has 0 aliphatic heterocycles. The molecular formula is C14H21FN2O2S. The number of likely N-dealkylation sites (N-methyl/N-ethyl adjacent to an activating group) is 1. The molecule has 0 aliphatic rings. The van der Waals surface area contributed by atoms with Crippen LogP contribution in [0.4, 0.5) is 4.39 Å². The summed E-state index contributed by atoms with van der Waals surface area (Å²) in [4.78, 5) is 0.00921. The number of halogens is 1. The first kappa shape index (κ1) is 16.8. The van der Waals surface area contributed by atoms with Gasteiger partial charge in [-0.05, 0) is 31.7 Å². The lowest BCUT2D eigenvalue weighted by Crippen LogP contribution is -2.33. The molecule has 6 heteroatoms. The van der Waals surface area contributed by atoms with Crippen molar-refractivity contribution >= 4 is 10.0 Å². The quantitative estimate of drug-likeness (QED) is 0.785. The van der Waals surface area contributed by atoms with E-state index < -0.39 is 15.8 Å². The summed E-state index contributed by atoms with van der Waals surface area (Å²) < 4.78 is 40.0. The van der Waals surface area contributed by atoms with E-state index in [-0.39, 0.29) is 11.4 Å². The van der Waals surface area contributed by atoms with Crippen LogP contribution in [0.3, 0.4) is 0 Å². The smallest absolute Gasteiger partial charge is 0.243 e. The van der Waals surface area contributed by atoms with Crippen LogP contribution in [-0.4, -0.2) is 32.9 Å². The molecule has 0 fully saturated rings. The van der Waals surface area contributed by atoms with E-state index in [1.165, 1.54) is 16.4 Å². The van der Waals surface area contributed by atoms with Gasteiger partial charge in [-0.3, -0.25) is 0 Å². The minimum absolute atomic E-state index is 0.00921. The summed E-state index contributed by atoms with van der Waals surface area (Å²) >= 11 is 0. The van der Waals surface area contributed by atoms with Gasteiger partial charge >= 0.3 is 0 Å². The molecule has 1 aromatic carbocycles. The number of rotatable bonds is 7. The molecule has 0 amide bonds. The molecule has 0 spiro atoms. The van der Waals surface area contributed by atoms with E-state index in [9.17, 15) is 12.8 Å². The van der Waals surface area contributed by atoms with Gasteiger partial charge < -0.3 is 5.32 Å². The van der Waals surface area contributed by atoms with E-state index >= 15 is 0 Å². The van der Waals surface area contributed by atoms with Crippen molar-refractivity contribution in [3.8, 4) is 0 Å². The van der Waals surface area contributed by atoms with Gasteiger partial charge in [0.2, 0.25) is 10.0 Å². The zero-order valence-corrected chi connectivity index (χ0v) is 12.9. The van der Waals surface area contributed by atoms with Crippen molar-refractivity contribution in [3.05, 3.63) is 41.7 Å². The van der Waals surface area contributed by atoms with Crippen LogP contribution >= 0.6 is 0 Å². The number of sulfonamides is 1. The van der Waals surface area contributed by atoms with Gasteiger partial charge in [-0.1, -0.05) is 25.1 Å². The predicted molar refractivity (Wildman–Crippen MR) is 78.4 cm³/mol. The molecule has 0 aromatic heterocycles. The molecule has 0 atom stereocenters. The van der Waals surface area contributed by atoms with Gasteiger partial charge in [0.1, 0.15) is 5.82 Å². The molecule has 0 heterocycles. The fourth-order valence-electron chi connectivity index (χ4n) is 1.91. The van der Waals surface area contributed by atoms with E-state index in [0.29, 0.717) is 18.7 Å². The Bertz CT molecular complexity index is 585. The normalized spacial score (nSPS) is 11.8. The van der Waals surface area contributed by atoms with Gasteiger partial charge in [0.05, 0.1) is 4.90 Å². The van der Waals surface area contributed by atoms with Gasteiger partial charge in [-0.25, -0.2) is 12.8 Å². The largest absolute Gasteiger partial charge is 0.316 e. The Morgan fingerprint density at radius 2 is 2.10 bits per heavy atom. The van der Waals surface area contributed by atoms with Crippen molar-refractivity contribution in [1.29, 1.82) is 0 Å². The molecule has 0 radical (unpaired) electrons. The molecule has 1 aromatic rings. The maximum Gasteiger partial charge on any atom is 0.243 e. The summed E-state index contributed by atoms with van der Waals surface area (Å²) in [5, 5.41) is 2.89. The third-order valence-electron chi connectivity index (χ3n) is 2.81. The Kier molecular flexibility index (Phi) is 5.86. The number of benzene rings is 1. The monoisotopic (exact) mass is 300 g/mol. The molecule has 0 saturated carbocycles. The molecular weight excluding hydrogens is 279 g/mol. The van der Waals surface area contributed by atoms with Crippen molar-refractivity contribution in [2.75, 3.05) is 20.1 Å². The van der Waals surface area contributed by atoms with Crippen molar-refractivity contribution in [2.24, 2.45) is 0 Å². The third-order valence-corrected chi connectivity index (χ3v) is 4.82. The molecule has 112 valence electrons. The zero-order valence-electron chi connectivity index (χ0n) is 12.1. The number of nitrogens with zero attached hydrogens (tertiary/aromatic N) is 1. The van der Waals surface area contributed by atoms with Gasteiger partial charge in [0.15, 0.2) is 0 Å². The Hall–Kier alpha value is -1.24. The van der Waals surface area contributed by atoms with Crippen LogP contribution in [0.2, 0.25) is 0 Å². The van der Waals surface area contributed by atoms with Crippen LogP contribution in [0, 0.1) is 5.82 Å². The molecule has 20 heavy (non-hydrogen) atoms. The van der Waals surface area contributed by atoms with Crippen molar-refractivity contribution < 1.29 is 12.8 Å². The lowest BCUT2D eigenvalue weighted by atomic mass is 10.2. The summed E-state index contributed by atoms with van der Waals surface area (Å²) in [6.07, 6.45) is 0. The van der Waals surface area contributed by atoms with Crippen LogP contribution in [0.5, 0.6) is 0 Å². The Morgan fingerprint density at radius 1 is 1.45 bits per heavy atom. The highest BCUT2D eigenvalue weighted by Crippen LogP contribution is 2.22.